The molecule has 3 rings (SSSR count). The predicted octanol–water partition coefficient (Wildman–Crippen LogP) is 5.14. The fourth-order valence-corrected chi connectivity index (χ4v) is 3.25. The third kappa shape index (κ3) is 2.44. The lowest BCUT2D eigenvalue weighted by molar-refractivity contribution is 0.581. The molecule has 0 saturated carbocycles. The Morgan fingerprint density at radius 1 is 1.20 bits per heavy atom. The van der Waals surface area contributed by atoms with E-state index in [1.54, 1.807) is 0 Å². The number of rotatable bonds is 2. The third-order valence-corrected chi connectivity index (χ3v) is 4.33. The average Bonchev–Trinajstić information content (AvgIpc) is 2.76. The summed E-state index contributed by atoms with van der Waals surface area (Å²) in [6.45, 7) is 2.05. The van der Waals surface area contributed by atoms with Crippen LogP contribution in [-0.4, -0.2) is 0 Å². The molecule has 4 heteroatoms. The molecule has 1 atom stereocenters. The van der Waals surface area contributed by atoms with E-state index in [1.807, 2.05) is 6.92 Å². The van der Waals surface area contributed by atoms with E-state index in [4.69, 9.17) is 0 Å². The van der Waals surface area contributed by atoms with Crippen LogP contribution in [0.1, 0.15) is 29.2 Å². The van der Waals surface area contributed by atoms with Crippen LogP contribution in [0.3, 0.4) is 0 Å². The fraction of sp³-hybridized carbons (Fsp3) is 0.250. The van der Waals surface area contributed by atoms with Gasteiger partial charge in [0.25, 0.3) is 0 Å². The Kier molecular flexibility index (Phi) is 3.50. The minimum atomic E-state index is -0.581. The summed E-state index contributed by atoms with van der Waals surface area (Å²) in [5.74, 6) is -1.15. The highest BCUT2D eigenvalue weighted by Crippen LogP contribution is 2.37. The van der Waals surface area contributed by atoms with Crippen LogP contribution in [0.2, 0.25) is 0 Å². The van der Waals surface area contributed by atoms with Gasteiger partial charge in [0.1, 0.15) is 11.6 Å². The molecule has 0 radical (unpaired) electrons. The van der Waals surface area contributed by atoms with E-state index in [9.17, 15) is 8.78 Å². The Bertz CT molecular complexity index is 647. The van der Waals surface area contributed by atoms with Gasteiger partial charge in [-0.3, -0.25) is 0 Å². The predicted molar refractivity (Wildman–Crippen MR) is 79.9 cm³/mol. The summed E-state index contributed by atoms with van der Waals surface area (Å²) in [5, 5.41) is 3.20. The SMILES string of the molecule is Cc1ccc2c(c1)C(Nc1c(F)cc(F)cc1Br)CC2. The average molecular weight is 338 g/mol. The van der Waals surface area contributed by atoms with Gasteiger partial charge in [-0.1, -0.05) is 23.8 Å². The minimum absolute atomic E-state index is 0.0705. The molecule has 0 spiro atoms. The summed E-state index contributed by atoms with van der Waals surface area (Å²) in [4.78, 5) is 0. The third-order valence-electron chi connectivity index (χ3n) is 3.70. The first-order valence-electron chi connectivity index (χ1n) is 6.55. The maximum absolute atomic E-state index is 13.9. The van der Waals surface area contributed by atoms with E-state index >= 15 is 0 Å². The normalized spacial score (nSPS) is 17.1. The molecule has 1 aliphatic carbocycles. The maximum Gasteiger partial charge on any atom is 0.150 e. The largest absolute Gasteiger partial charge is 0.375 e. The lowest BCUT2D eigenvalue weighted by atomic mass is 10.0. The molecule has 20 heavy (non-hydrogen) atoms. The molecule has 1 unspecified atom stereocenters. The Labute approximate surface area is 125 Å². The first-order chi connectivity index (χ1) is 9.54. The molecule has 2 aromatic rings. The van der Waals surface area contributed by atoms with E-state index in [1.165, 1.54) is 22.8 Å². The molecule has 0 heterocycles. The zero-order valence-corrected chi connectivity index (χ0v) is 12.6. The molecule has 0 fully saturated rings. The molecule has 1 aliphatic rings. The highest BCUT2D eigenvalue weighted by Gasteiger charge is 2.24. The van der Waals surface area contributed by atoms with Crippen molar-refractivity contribution in [1.29, 1.82) is 0 Å². The van der Waals surface area contributed by atoms with Crippen LogP contribution in [0.15, 0.2) is 34.8 Å². The smallest absolute Gasteiger partial charge is 0.150 e. The molecule has 2 aromatic carbocycles. The number of aryl methyl sites for hydroxylation is 2. The zero-order valence-electron chi connectivity index (χ0n) is 11.0. The Morgan fingerprint density at radius 3 is 2.75 bits per heavy atom. The van der Waals surface area contributed by atoms with E-state index in [2.05, 4.69) is 39.4 Å². The van der Waals surface area contributed by atoms with E-state index in [-0.39, 0.29) is 6.04 Å². The van der Waals surface area contributed by atoms with Gasteiger partial charge in [-0.2, -0.15) is 0 Å². The van der Waals surface area contributed by atoms with Crippen molar-refractivity contribution in [3.8, 4) is 0 Å². The van der Waals surface area contributed by atoms with Gasteiger partial charge >= 0.3 is 0 Å². The number of fused-ring (bicyclic) bond motifs is 1. The summed E-state index contributed by atoms with van der Waals surface area (Å²) in [6, 6.07) is 8.60. The monoisotopic (exact) mass is 337 g/mol. The van der Waals surface area contributed by atoms with Crippen molar-refractivity contribution in [3.05, 3.63) is 63.1 Å². The van der Waals surface area contributed by atoms with Gasteiger partial charge in [0.2, 0.25) is 0 Å². The summed E-state index contributed by atoms with van der Waals surface area (Å²) in [7, 11) is 0. The lowest BCUT2D eigenvalue weighted by Crippen LogP contribution is -2.09. The van der Waals surface area contributed by atoms with E-state index < -0.39 is 11.6 Å². The first-order valence-corrected chi connectivity index (χ1v) is 7.34. The highest BCUT2D eigenvalue weighted by atomic mass is 79.9. The summed E-state index contributed by atoms with van der Waals surface area (Å²) >= 11 is 3.22. The Hall–Kier alpha value is -1.42. The number of halogens is 3. The van der Waals surface area contributed by atoms with Crippen molar-refractivity contribution in [3.63, 3.8) is 0 Å². The molecule has 104 valence electrons. The standard InChI is InChI=1S/C16H14BrF2N/c1-9-2-3-10-4-5-15(12(10)6-9)20-16-13(17)7-11(18)8-14(16)19/h2-3,6-8,15,20H,4-5H2,1H3. The minimum Gasteiger partial charge on any atom is -0.375 e. The maximum atomic E-state index is 13.9. The summed E-state index contributed by atoms with van der Waals surface area (Å²) in [5.41, 5.74) is 4.02. The van der Waals surface area contributed by atoms with Crippen molar-refractivity contribution >= 4 is 21.6 Å². The molecule has 1 N–H and O–H groups in total. The first kappa shape index (κ1) is 13.6. The van der Waals surface area contributed by atoms with Crippen LogP contribution < -0.4 is 5.32 Å². The second-order valence-electron chi connectivity index (χ2n) is 5.18. The molecule has 0 aromatic heterocycles. The Balaban J connectivity index is 1.93. The van der Waals surface area contributed by atoms with Crippen LogP contribution in [0.25, 0.3) is 0 Å². The molecule has 0 bridgehead atoms. The number of hydrogen-bond donors (Lipinski definition) is 1. The van der Waals surface area contributed by atoms with E-state index in [0.29, 0.717) is 10.2 Å². The van der Waals surface area contributed by atoms with Crippen LogP contribution in [0.4, 0.5) is 14.5 Å². The lowest BCUT2D eigenvalue weighted by Gasteiger charge is -2.18. The van der Waals surface area contributed by atoms with Gasteiger partial charge in [0.05, 0.1) is 11.7 Å². The molecule has 0 amide bonds. The molecular formula is C16H14BrF2N. The van der Waals surface area contributed by atoms with Gasteiger partial charge in [-0.25, -0.2) is 8.78 Å². The van der Waals surface area contributed by atoms with Crippen LogP contribution in [0.5, 0.6) is 0 Å². The Morgan fingerprint density at radius 2 is 2.00 bits per heavy atom. The molecule has 0 aliphatic heterocycles. The topological polar surface area (TPSA) is 12.0 Å². The second kappa shape index (κ2) is 5.17. The summed E-state index contributed by atoms with van der Waals surface area (Å²) in [6.07, 6.45) is 1.90. The number of benzene rings is 2. The fourth-order valence-electron chi connectivity index (χ4n) is 2.73. The van der Waals surface area contributed by atoms with Gasteiger partial charge in [0.15, 0.2) is 0 Å². The molecule has 0 saturated heterocycles. The van der Waals surface area contributed by atoms with Gasteiger partial charge in [0, 0.05) is 10.5 Å². The molecule has 1 nitrogen and oxygen atoms in total. The van der Waals surface area contributed by atoms with Crippen LogP contribution in [0, 0.1) is 18.6 Å². The summed E-state index contributed by atoms with van der Waals surface area (Å²) < 4.78 is 27.4. The number of anilines is 1. The van der Waals surface area contributed by atoms with Crippen LogP contribution >= 0.6 is 15.9 Å². The van der Waals surface area contributed by atoms with E-state index in [0.717, 1.165) is 18.9 Å². The van der Waals surface area contributed by atoms with Crippen molar-refractivity contribution in [2.75, 3.05) is 5.32 Å². The number of nitrogens with one attached hydrogen (secondary N) is 1. The van der Waals surface area contributed by atoms with Crippen molar-refractivity contribution in [2.24, 2.45) is 0 Å². The second-order valence-corrected chi connectivity index (χ2v) is 6.04. The quantitative estimate of drug-likeness (QED) is 0.800. The van der Waals surface area contributed by atoms with Crippen molar-refractivity contribution in [2.45, 2.75) is 25.8 Å². The van der Waals surface area contributed by atoms with Gasteiger partial charge in [-0.15, -0.1) is 0 Å². The van der Waals surface area contributed by atoms with Gasteiger partial charge < -0.3 is 5.32 Å². The zero-order chi connectivity index (χ0) is 14.3. The number of hydrogen-bond acceptors (Lipinski definition) is 1. The molecular weight excluding hydrogens is 324 g/mol. The van der Waals surface area contributed by atoms with Crippen molar-refractivity contribution in [1.82, 2.24) is 0 Å². The van der Waals surface area contributed by atoms with Gasteiger partial charge in [-0.05, 0) is 52.9 Å². The van der Waals surface area contributed by atoms with Crippen LogP contribution in [-0.2, 0) is 6.42 Å². The highest BCUT2D eigenvalue weighted by molar-refractivity contribution is 9.10. The van der Waals surface area contributed by atoms with Crippen molar-refractivity contribution < 1.29 is 8.78 Å².